The molecule has 0 bridgehead atoms. The minimum atomic E-state index is -4.69. The highest BCUT2D eigenvalue weighted by Crippen LogP contribution is 2.38. The number of anilines is 2. The highest BCUT2D eigenvalue weighted by atomic mass is 35.5. The van der Waals surface area contributed by atoms with Crippen LogP contribution in [0.25, 0.3) is 0 Å². The number of alkyl halides is 3. The summed E-state index contributed by atoms with van der Waals surface area (Å²) in [6.45, 7) is 0. The third-order valence-electron chi connectivity index (χ3n) is 4.26. The van der Waals surface area contributed by atoms with E-state index >= 15 is 0 Å². The Labute approximate surface area is 163 Å². The number of benzene rings is 1. The lowest BCUT2D eigenvalue weighted by molar-refractivity contribution is -0.141. The van der Waals surface area contributed by atoms with Crippen LogP contribution >= 0.6 is 23.2 Å². The number of rotatable bonds is 2. The van der Waals surface area contributed by atoms with E-state index in [1.54, 1.807) is 0 Å². The van der Waals surface area contributed by atoms with Crippen molar-refractivity contribution in [2.45, 2.75) is 38.3 Å². The first-order chi connectivity index (χ1) is 12.7. The molecule has 1 heterocycles. The second-order valence-electron chi connectivity index (χ2n) is 6.13. The van der Waals surface area contributed by atoms with Gasteiger partial charge in [0.2, 0.25) is 5.95 Å². The maximum absolute atomic E-state index is 13.6. The number of nitrogens with two attached hydrogens (primary N) is 1. The van der Waals surface area contributed by atoms with Crippen LogP contribution in [0.2, 0.25) is 10.0 Å². The van der Waals surface area contributed by atoms with Crippen LogP contribution in [0.4, 0.5) is 29.6 Å². The maximum atomic E-state index is 13.6. The number of primary amides is 1. The zero-order valence-corrected chi connectivity index (χ0v) is 15.5. The summed E-state index contributed by atoms with van der Waals surface area (Å²) in [5.41, 5.74) is 4.72. The molecule has 0 unspecified atom stereocenters. The van der Waals surface area contributed by atoms with Gasteiger partial charge in [0.1, 0.15) is 0 Å². The van der Waals surface area contributed by atoms with Crippen LogP contribution < -0.4 is 10.6 Å². The van der Waals surface area contributed by atoms with Gasteiger partial charge < -0.3 is 5.73 Å². The molecule has 1 aliphatic rings. The molecule has 144 valence electrons. The molecule has 1 aromatic carbocycles. The van der Waals surface area contributed by atoms with Crippen molar-refractivity contribution < 1.29 is 18.0 Å². The van der Waals surface area contributed by atoms with E-state index in [2.05, 4.69) is 9.97 Å². The number of aryl methyl sites for hydroxylation is 1. The third-order valence-corrected chi connectivity index (χ3v) is 4.81. The second kappa shape index (κ2) is 7.52. The summed E-state index contributed by atoms with van der Waals surface area (Å²) in [6, 6.07) is 3.13. The molecule has 27 heavy (non-hydrogen) atoms. The van der Waals surface area contributed by atoms with E-state index in [9.17, 15) is 18.0 Å². The molecule has 3 rings (SSSR count). The van der Waals surface area contributed by atoms with Crippen molar-refractivity contribution >= 4 is 40.9 Å². The van der Waals surface area contributed by atoms with E-state index in [1.165, 1.54) is 18.2 Å². The molecule has 0 aliphatic heterocycles. The van der Waals surface area contributed by atoms with Gasteiger partial charge in [-0.15, -0.1) is 0 Å². The Bertz CT molecular complexity index is 889. The van der Waals surface area contributed by atoms with Gasteiger partial charge in [0.05, 0.1) is 10.7 Å². The zero-order chi connectivity index (χ0) is 19.8. The summed E-state index contributed by atoms with van der Waals surface area (Å²) in [5.74, 6) is -0.473. The van der Waals surface area contributed by atoms with E-state index in [0.29, 0.717) is 19.3 Å². The lowest BCUT2D eigenvalue weighted by Gasteiger charge is -2.23. The minimum Gasteiger partial charge on any atom is -0.351 e. The molecule has 2 aromatic rings. The van der Waals surface area contributed by atoms with E-state index in [1.807, 2.05) is 0 Å². The monoisotopic (exact) mass is 418 g/mol. The van der Waals surface area contributed by atoms with Gasteiger partial charge in [0.15, 0.2) is 5.69 Å². The predicted molar refractivity (Wildman–Crippen MR) is 96.5 cm³/mol. The number of aromatic nitrogens is 2. The van der Waals surface area contributed by atoms with Gasteiger partial charge >= 0.3 is 12.2 Å². The van der Waals surface area contributed by atoms with Gasteiger partial charge in [-0.05, 0) is 43.9 Å². The summed E-state index contributed by atoms with van der Waals surface area (Å²) in [4.78, 5) is 20.7. The van der Waals surface area contributed by atoms with Crippen LogP contribution in [-0.2, 0) is 19.0 Å². The SMILES string of the molecule is NC(=O)N(c1nc2c(c(C(F)(F)F)n1)CCCCC2)c1cc(Cl)ccc1Cl. The first kappa shape index (κ1) is 19.7. The fourth-order valence-corrected chi connectivity index (χ4v) is 3.44. The summed E-state index contributed by atoms with van der Waals surface area (Å²) in [5, 5.41) is 0.303. The Morgan fingerprint density at radius 1 is 1.11 bits per heavy atom. The van der Waals surface area contributed by atoms with Crippen LogP contribution in [0.5, 0.6) is 0 Å². The summed E-state index contributed by atoms with van der Waals surface area (Å²) in [7, 11) is 0. The number of nitrogens with zero attached hydrogens (tertiary/aromatic N) is 3. The number of fused-ring (bicyclic) bond motifs is 1. The molecule has 0 saturated heterocycles. The zero-order valence-electron chi connectivity index (χ0n) is 14.0. The van der Waals surface area contributed by atoms with Gasteiger partial charge in [-0.1, -0.05) is 29.6 Å². The van der Waals surface area contributed by atoms with Gasteiger partial charge in [-0.25, -0.2) is 19.7 Å². The van der Waals surface area contributed by atoms with Crippen LogP contribution in [0.1, 0.15) is 36.2 Å². The molecule has 0 radical (unpaired) electrons. The summed E-state index contributed by atoms with van der Waals surface area (Å²) < 4.78 is 40.9. The fraction of sp³-hybridized carbons (Fsp3) is 0.353. The molecule has 1 aromatic heterocycles. The lowest BCUT2D eigenvalue weighted by atomic mass is 10.1. The van der Waals surface area contributed by atoms with E-state index < -0.39 is 23.8 Å². The van der Waals surface area contributed by atoms with Crippen molar-refractivity contribution in [1.29, 1.82) is 0 Å². The number of amides is 2. The van der Waals surface area contributed by atoms with Crippen LogP contribution in [0.3, 0.4) is 0 Å². The average Bonchev–Trinajstić information content (AvgIpc) is 2.81. The van der Waals surface area contributed by atoms with E-state index in [-0.39, 0.29) is 33.4 Å². The number of urea groups is 1. The van der Waals surface area contributed by atoms with Gasteiger partial charge in [-0.3, -0.25) is 0 Å². The quantitative estimate of drug-likeness (QED) is 0.673. The molecule has 0 fully saturated rings. The number of hydrogen-bond donors (Lipinski definition) is 1. The Morgan fingerprint density at radius 2 is 1.81 bits per heavy atom. The fourth-order valence-electron chi connectivity index (χ4n) is 3.07. The standard InChI is InChI=1S/C17H15Cl2F3N4O/c18-9-6-7-11(19)13(8-9)26(15(23)27)16-24-12-5-3-1-2-4-10(12)14(25-16)17(20,21)22/h6-8H,1-5H2,(H2,23,27). The summed E-state index contributed by atoms with van der Waals surface area (Å²) in [6.07, 6.45) is -1.97. The van der Waals surface area contributed by atoms with Crippen LogP contribution in [0.15, 0.2) is 18.2 Å². The van der Waals surface area contributed by atoms with Crippen molar-refractivity contribution in [2.75, 3.05) is 4.90 Å². The van der Waals surface area contributed by atoms with Gasteiger partial charge in [-0.2, -0.15) is 13.2 Å². The van der Waals surface area contributed by atoms with E-state index in [4.69, 9.17) is 28.9 Å². The first-order valence-electron chi connectivity index (χ1n) is 8.20. The molecule has 0 saturated carbocycles. The van der Waals surface area contributed by atoms with Crippen LogP contribution in [0, 0.1) is 0 Å². The first-order valence-corrected chi connectivity index (χ1v) is 8.95. The van der Waals surface area contributed by atoms with Crippen LogP contribution in [-0.4, -0.2) is 16.0 Å². The number of halogens is 5. The molecule has 5 nitrogen and oxygen atoms in total. The topological polar surface area (TPSA) is 72.1 Å². The Balaban J connectivity index is 2.23. The number of carbonyl (C=O) groups excluding carboxylic acids is 1. The molecule has 0 spiro atoms. The minimum absolute atomic E-state index is 0.0124. The Morgan fingerprint density at radius 3 is 2.48 bits per heavy atom. The predicted octanol–water partition coefficient (Wildman–Crippen LogP) is 5.29. The molecule has 2 N–H and O–H groups in total. The molecular weight excluding hydrogens is 404 g/mol. The maximum Gasteiger partial charge on any atom is 0.433 e. The highest BCUT2D eigenvalue weighted by molar-refractivity contribution is 6.36. The normalized spacial score (nSPS) is 14.4. The highest BCUT2D eigenvalue weighted by Gasteiger charge is 2.38. The lowest BCUT2D eigenvalue weighted by Crippen LogP contribution is -2.34. The molecular formula is C17H15Cl2F3N4O. The Hall–Kier alpha value is -2.06. The van der Waals surface area contributed by atoms with Crippen molar-refractivity contribution in [3.05, 3.63) is 45.2 Å². The number of hydrogen-bond acceptors (Lipinski definition) is 3. The number of carbonyl (C=O) groups is 1. The van der Waals surface area contributed by atoms with Crippen molar-refractivity contribution in [2.24, 2.45) is 5.73 Å². The van der Waals surface area contributed by atoms with Gasteiger partial charge in [0, 0.05) is 16.3 Å². The van der Waals surface area contributed by atoms with Crippen molar-refractivity contribution in [1.82, 2.24) is 9.97 Å². The van der Waals surface area contributed by atoms with Gasteiger partial charge in [0.25, 0.3) is 0 Å². The molecule has 0 atom stereocenters. The Kier molecular flexibility index (Phi) is 5.48. The second-order valence-corrected chi connectivity index (χ2v) is 6.97. The molecule has 10 heteroatoms. The van der Waals surface area contributed by atoms with E-state index in [0.717, 1.165) is 11.3 Å². The van der Waals surface area contributed by atoms with Crippen molar-refractivity contribution in [3.63, 3.8) is 0 Å². The third kappa shape index (κ3) is 4.11. The van der Waals surface area contributed by atoms with Crippen molar-refractivity contribution in [3.8, 4) is 0 Å². The smallest absolute Gasteiger partial charge is 0.351 e. The molecule has 2 amide bonds. The summed E-state index contributed by atoms with van der Waals surface area (Å²) >= 11 is 12.0. The average molecular weight is 419 g/mol. The largest absolute Gasteiger partial charge is 0.433 e. The molecule has 1 aliphatic carbocycles.